The van der Waals surface area contributed by atoms with E-state index < -0.39 is 5.60 Å². The summed E-state index contributed by atoms with van der Waals surface area (Å²) in [6.45, 7) is 2.82. The van der Waals surface area contributed by atoms with Gasteiger partial charge in [0.2, 0.25) is 0 Å². The van der Waals surface area contributed by atoms with Crippen molar-refractivity contribution in [3.8, 4) is 17.2 Å². The molecule has 3 heterocycles. The smallest absolute Gasteiger partial charge is 0.154 e. The minimum Gasteiger partial charge on any atom is -0.384 e. The fraction of sp³-hybridized carbons (Fsp3) is 0.500. The number of fused-ring (bicyclic) bond motifs is 1. The zero-order valence-corrected chi connectivity index (χ0v) is 20.8. The number of hydrogen-bond acceptors (Lipinski definition) is 5. The Morgan fingerprint density at radius 3 is 2.85 bits per heavy atom. The van der Waals surface area contributed by atoms with Crippen LogP contribution in [0.15, 0.2) is 42.9 Å². The zero-order valence-electron chi connectivity index (χ0n) is 19.8. The molecule has 0 saturated heterocycles. The summed E-state index contributed by atoms with van der Waals surface area (Å²) < 4.78 is 9.89. The second kappa shape index (κ2) is 9.90. The van der Waals surface area contributed by atoms with Crippen LogP contribution < -0.4 is 11.2 Å². The molecule has 5 rings (SSSR count). The van der Waals surface area contributed by atoms with E-state index in [-0.39, 0.29) is 0 Å². The van der Waals surface area contributed by atoms with Gasteiger partial charge in [-0.15, -0.1) is 0 Å². The van der Waals surface area contributed by atoms with E-state index in [2.05, 4.69) is 53.7 Å². The second-order valence-electron chi connectivity index (χ2n) is 9.51. The van der Waals surface area contributed by atoms with E-state index >= 15 is 0 Å². The predicted octanol–water partition coefficient (Wildman–Crippen LogP) is 4.65. The van der Waals surface area contributed by atoms with Gasteiger partial charge >= 0.3 is 0 Å². The van der Waals surface area contributed by atoms with Gasteiger partial charge in [0.05, 0.1) is 29.6 Å². The van der Waals surface area contributed by atoms with Crippen LogP contribution in [0, 0.1) is 17.2 Å². The Kier molecular flexibility index (Phi) is 6.72. The van der Waals surface area contributed by atoms with Gasteiger partial charge in [-0.25, -0.2) is 9.36 Å². The van der Waals surface area contributed by atoms with Gasteiger partial charge in [0.15, 0.2) is 5.60 Å². The first-order valence-corrected chi connectivity index (χ1v) is 13.5. The molecule has 0 amide bonds. The molecule has 178 valence electrons. The molecule has 2 atom stereocenters. The fourth-order valence-electron chi connectivity index (χ4n) is 5.14. The van der Waals surface area contributed by atoms with Gasteiger partial charge in [0.25, 0.3) is 0 Å². The van der Waals surface area contributed by atoms with Crippen LogP contribution in [0.3, 0.4) is 0 Å². The minimum atomic E-state index is -0.609. The molecule has 2 unspecified atom stereocenters. The molecule has 1 aliphatic heterocycles. The van der Waals surface area contributed by atoms with Gasteiger partial charge in [-0.3, -0.25) is 0 Å². The van der Waals surface area contributed by atoms with Crippen molar-refractivity contribution in [2.45, 2.75) is 69.6 Å². The van der Waals surface area contributed by atoms with Crippen molar-refractivity contribution in [3.05, 3.63) is 42.9 Å². The van der Waals surface area contributed by atoms with Crippen molar-refractivity contribution in [3.63, 3.8) is 0 Å². The fourth-order valence-corrected chi connectivity index (χ4v) is 6.95. The summed E-state index contributed by atoms with van der Waals surface area (Å²) >= 11 is 0. The van der Waals surface area contributed by atoms with E-state index in [0.717, 1.165) is 68.2 Å². The number of ether oxygens (including phenoxy) is 1. The van der Waals surface area contributed by atoms with E-state index in [1.165, 1.54) is 5.44 Å². The maximum Gasteiger partial charge on any atom is 0.154 e. The van der Waals surface area contributed by atoms with Gasteiger partial charge in [0.1, 0.15) is 5.82 Å². The summed E-state index contributed by atoms with van der Waals surface area (Å²) in [5, 5.41) is 19.0. The third-order valence-electron chi connectivity index (χ3n) is 7.23. The maximum absolute atomic E-state index is 9.81. The number of allylic oxidation sites excluding steroid dienone is 5. The number of aromatic nitrogens is 4. The lowest BCUT2D eigenvalue weighted by Crippen LogP contribution is -2.39. The highest BCUT2D eigenvalue weighted by atomic mass is 31.1. The molecule has 2 aliphatic carbocycles. The number of nitriles is 1. The van der Waals surface area contributed by atoms with Gasteiger partial charge in [-0.05, 0) is 63.0 Å². The zero-order chi connectivity index (χ0) is 23.5. The van der Waals surface area contributed by atoms with Gasteiger partial charge < -0.3 is 10.5 Å². The molecule has 3 aliphatic rings. The van der Waals surface area contributed by atoms with Gasteiger partial charge in [-0.1, -0.05) is 34.1 Å². The van der Waals surface area contributed by atoms with Gasteiger partial charge in [-0.2, -0.15) is 15.5 Å². The van der Waals surface area contributed by atoms with Crippen LogP contribution >= 0.6 is 8.58 Å². The van der Waals surface area contributed by atoms with Crippen LogP contribution in [0.2, 0.25) is 0 Å². The van der Waals surface area contributed by atoms with Crippen molar-refractivity contribution in [1.29, 1.82) is 5.26 Å². The lowest BCUT2D eigenvalue weighted by Gasteiger charge is -2.38. The Hall–Kier alpha value is -2.68. The highest BCUT2D eigenvalue weighted by Crippen LogP contribution is 2.44. The van der Waals surface area contributed by atoms with Crippen molar-refractivity contribution >= 4 is 25.5 Å². The summed E-state index contributed by atoms with van der Waals surface area (Å²) in [7, 11) is 0.583. The summed E-state index contributed by atoms with van der Waals surface area (Å²) in [4.78, 5) is 0. The third-order valence-corrected chi connectivity index (χ3v) is 8.95. The first-order chi connectivity index (χ1) is 16.6. The Morgan fingerprint density at radius 2 is 2.12 bits per heavy atom. The molecule has 2 aromatic rings. The van der Waals surface area contributed by atoms with Crippen LogP contribution in [0.25, 0.3) is 22.6 Å². The maximum atomic E-state index is 9.81. The Balaban J connectivity index is 1.31. The highest BCUT2D eigenvalue weighted by Gasteiger charge is 2.39. The van der Waals surface area contributed by atoms with Crippen LogP contribution in [-0.2, 0) is 4.74 Å². The number of nitrogens with two attached hydrogens (primary N) is 1. The largest absolute Gasteiger partial charge is 0.384 e. The third kappa shape index (κ3) is 4.50. The Morgan fingerprint density at radius 1 is 1.26 bits per heavy atom. The van der Waals surface area contributed by atoms with Crippen LogP contribution in [0.5, 0.6) is 0 Å². The topological polar surface area (TPSA) is 94.7 Å². The molecule has 7 nitrogen and oxygen atoms in total. The predicted molar refractivity (Wildman–Crippen MR) is 137 cm³/mol. The van der Waals surface area contributed by atoms with E-state index in [0.29, 0.717) is 32.6 Å². The Bertz CT molecular complexity index is 1160. The van der Waals surface area contributed by atoms with Gasteiger partial charge in [0, 0.05) is 29.6 Å². The molecule has 8 heteroatoms. The molecule has 34 heavy (non-hydrogen) atoms. The molecule has 1 fully saturated rings. The first-order valence-electron chi connectivity index (χ1n) is 12.4. The normalized spacial score (nSPS) is 27.2. The lowest BCUT2D eigenvalue weighted by atomic mass is 9.78. The van der Waals surface area contributed by atoms with E-state index in [4.69, 9.17) is 10.5 Å². The standard InChI is InChI=1S/C26H33N6OP/c1-2-3-13-33-26(18-27)11-9-19(10-12-26)23-14-24(28)32-25(34-23)22(16-30-32)20-15-29-31(17-20)21-7-5-4-6-8-21/h5,7-8,14-17,19,23,34H,2-4,6,9-13,28H2,1H3. The summed E-state index contributed by atoms with van der Waals surface area (Å²) in [5.74, 6) is 1.21. The number of nitrogens with zero attached hydrogens (tertiary/aromatic N) is 5. The van der Waals surface area contributed by atoms with Crippen molar-refractivity contribution in [2.75, 3.05) is 6.61 Å². The number of unbranched alkanes of at least 4 members (excludes halogenated alkanes) is 1. The van der Waals surface area contributed by atoms with E-state index in [9.17, 15) is 5.26 Å². The van der Waals surface area contributed by atoms with E-state index in [1.54, 1.807) is 0 Å². The molecule has 0 radical (unpaired) electrons. The van der Waals surface area contributed by atoms with Crippen LogP contribution in [0.1, 0.15) is 58.3 Å². The monoisotopic (exact) mass is 476 g/mol. The van der Waals surface area contributed by atoms with Crippen molar-refractivity contribution in [2.24, 2.45) is 11.7 Å². The van der Waals surface area contributed by atoms with Crippen molar-refractivity contribution < 1.29 is 4.74 Å². The number of hydrogen-bond donors (Lipinski definition) is 1. The lowest BCUT2D eigenvalue weighted by molar-refractivity contribution is -0.0370. The molecule has 0 bridgehead atoms. The highest BCUT2D eigenvalue weighted by molar-refractivity contribution is 7.48. The van der Waals surface area contributed by atoms with Crippen LogP contribution in [-0.4, -0.2) is 37.4 Å². The number of rotatable bonds is 7. The molecule has 2 N–H and O–H groups in total. The Labute approximate surface area is 203 Å². The average molecular weight is 477 g/mol. The average Bonchev–Trinajstić information content (AvgIpc) is 3.53. The second-order valence-corrected chi connectivity index (χ2v) is 10.9. The molecule has 0 aromatic carbocycles. The summed E-state index contributed by atoms with van der Waals surface area (Å²) in [5.41, 5.74) is 10.7. The van der Waals surface area contributed by atoms with Crippen LogP contribution in [0.4, 0.5) is 0 Å². The van der Waals surface area contributed by atoms with Crippen molar-refractivity contribution in [1.82, 2.24) is 19.6 Å². The molecule has 1 saturated carbocycles. The molecule has 2 aromatic heterocycles. The quantitative estimate of drug-likeness (QED) is 0.464. The molecule has 0 spiro atoms. The van der Waals surface area contributed by atoms with E-state index in [1.807, 2.05) is 21.8 Å². The summed E-state index contributed by atoms with van der Waals surface area (Å²) in [6, 6.07) is 2.49. The first kappa shape index (κ1) is 23.1. The minimum absolute atomic E-state index is 0.370. The summed E-state index contributed by atoms with van der Waals surface area (Å²) in [6.07, 6.45) is 22.5. The molecular formula is C26H33N6OP. The SMILES string of the molecule is CCCCOC1(C#N)CCC(C2C=C(N)n3ncc(-c4cnn(C5=CCCC=C5)c4)c3P2)CC1. The molecular weight excluding hydrogens is 443 g/mol.